The van der Waals surface area contributed by atoms with Crippen molar-refractivity contribution in [1.29, 1.82) is 0 Å². The van der Waals surface area contributed by atoms with Crippen molar-refractivity contribution in [3.8, 4) is 0 Å². The van der Waals surface area contributed by atoms with E-state index in [2.05, 4.69) is 29.4 Å². The zero-order chi connectivity index (χ0) is 44.7. The zero-order valence-electron chi connectivity index (χ0n) is 32.0. The Morgan fingerprint density at radius 1 is 0.468 bits per heavy atom. The maximum absolute atomic E-state index is 12.8. The largest absolute Gasteiger partial charge is 0.333 e. The minimum Gasteiger partial charge on any atom is -0.333 e. The number of nitrogens with zero attached hydrogens (tertiary/aromatic N) is 2. The van der Waals surface area contributed by atoms with Crippen LogP contribution in [-0.4, -0.2) is 36.8 Å². The lowest BCUT2D eigenvalue weighted by molar-refractivity contribution is 0.599. The van der Waals surface area contributed by atoms with Crippen molar-refractivity contribution in [2.75, 3.05) is 9.44 Å². The maximum atomic E-state index is 12.8. The number of nitrogens with one attached hydrogen (secondary N) is 4. The first-order valence-electron chi connectivity index (χ1n) is 17.8. The first-order chi connectivity index (χ1) is 29.2. The monoisotopic (exact) mass is 1040 g/mol. The molecular weight excluding hydrogens is 1020 g/mol. The van der Waals surface area contributed by atoms with Crippen molar-refractivity contribution in [3.05, 3.63) is 149 Å². The van der Waals surface area contributed by atoms with Gasteiger partial charge in [0.05, 0.1) is 73.4 Å². The summed E-state index contributed by atoms with van der Waals surface area (Å²) in [7, 11) is -7.84. The highest BCUT2D eigenvalue weighted by atomic mass is 35.5. The summed E-state index contributed by atoms with van der Waals surface area (Å²) in [5.74, 6) is 0. The van der Waals surface area contributed by atoms with Crippen LogP contribution >= 0.6 is 105 Å². The number of anilines is 2. The molecule has 0 atom stereocenters. The minimum absolute atomic E-state index is 0.0250. The molecule has 2 aromatic heterocycles. The third-order valence-electron chi connectivity index (χ3n) is 8.69. The van der Waals surface area contributed by atoms with E-state index in [1.165, 1.54) is 59.9 Å². The van der Waals surface area contributed by atoms with E-state index >= 15 is 0 Å². The molecule has 8 rings (SSSR count). The fourth-order valence-corrected chi connectivity index (χ4v) is 12.4. The number of halogens is 7. The van der Waals surface area contributed by atoms with Crippen LogP contribution in [0.2, 0.25) is 35.2 Å². The molecule has 0 radical (unpaired) electrons. The van der Waals surface area contributed by atoms with Gasteiger partial charge in [-0.2, -0.15) is 0 Å². The molecule has 6 aromatic carbocycles. The van der Waals surface area contributed by atoms with Gasteiger partial charge in [-0.1, -0.05) is 99.4 Å². The molecule has 0 unspecified atom stereocenters. The second-order valence-electron chi connectivity index (χ2n) is 13.6. The van der Waals surface area contributed by atoms with E-state index in [4.69, 9.17) is 81.2 Å². The van der Waals surface area contributed by atoms with E-state index in [1.54, 1.807) is 42.5 Å². The Labute approximate surface area is 400 Å². The van der Waals surface area contributed by atoms with E-state index in [1.807, 2.05) is 39.0 Å². The Hall–Kier alpha value is -3.51. The second-order valence-corrected chi connectivity index (χ2v) is 21.8. The molecule has 10 nitrogen and oxygen atoms in total. The molecule has 320 valence electrons. The molecule has 0 spiro atoms. The van der Waals surface area contributed by atoms with Gasteiger partial charge in [0.2, 0.25) is 0 Å². The van der Waals surface area contributed by atoms with Crippen molar-refractivity contribution < 1.29 is 16.8 Å². The molecule has 0 aliphatic carbocycles. The molecule has 0 aliphatic rings. The van der Waals surface area contributed by atoms with E-state index < -0.39 is 20.0 Å². The first-order valence-corrected chi connectivity index (χ1v) is 25.0. The number of H-pyrrole nitrogens is 2. The van der Waals surface area contributed by atoms with Crippen LogP contribution in [0, 0.1) is 20.8 Å². The highest BCUT2D eigenvalue weighted by molar-refractivity contribution is 7.99. The van der Waals surface area contributed by atoms with Crippen molar-refractivity contribution in [2.24, 2.45) is 0 Å². The molecule has 0 amide bonds. The van der Waals surface area contributed by atoms with Crippen LogP contribution in [0.25, 0.3) is 22.1 Å². The third-order valence-corrected chi connectivity index (χ3v) is 16.4. The van der Waals surface area contributed by atoms with E-state index in [0.29, 0.717) is 35.2 Å². The van der Waals surface area contributed by atoms with Gasteiger partial charge in [-0.25, -0.2) is 26.8 Å². The molecule has 0 saturated carbocycles. The maximum Gasteiger partial charge on any atom is 0.263 e. The predicted molar refractivity (Wildman–Crippen MR) is 257 cm³/mol. The average Bonchev–Trinajstić information content (AvgIpc) is 3.76. The number of hydrogen-bond donors (Lipinski definition) is 4. The van der Waals surface area contributed by atoms with Gasteiger partial charge in [0, 0.05) is 5.02 Å². The van der Waals surface area contributed by atoms with Crippen LogP contribution in [0.4, 0.5) is 11.4 Å². The molecule has 21 heteroatoms. The molecule has 0 bridgehead atoms. The van der Waals surface area contributed by atoms with E-state index in [0.717, 1.165) is 38.8 Å². The summed E-state index contributed by atoms with van der Waals surface area (Å²) >= 11 is 46.4. The minimum atomic E-state index is -3.92. The Morgan fingerprint density at radius 3 is 1.26 bits per heavy atom. The highest BCUT2D eigenvalue weighted by Crippen LogP contribution is 2.42. The van der Waals surface area contributed by atoms with Crippen LogP contribution in [0.5, 0.6) is 0 Å². The number of rotatable bonds is 10. The number of hydrogen-bond acceptors (Lipinski definition) is 8. The number of aromatic amines is 2. The number of aromatic nitrogens is 4. The van der Waals surface area contributed by atoms with E-state index in [-0.39, 0.29) is 41.3 Å². The summed E-state index contributed by atoms with van der Waals surface area (Å²) in [6, 6.07) is 26.6. The van der Waals surface area contributed by atoms with Crippen molar-refractivity contribution >= 4 is 158 Å². The molecule has 2 heterocycles. The third kappa shape index (κ3) is 10.9. The van der Waals surface area contributed by atoms with Crippen molar-refractivity contribution in [2.45, 2.75) is 50.7 Å². The Kier molecular flexibility index (Phi) is 14.2. The fourth-order valence-electron chi connectivity index (χ4n) is 5.85. The first kappa shape index (κ1) is 46.5. The summed E-state index contributed by atoms with van der Waals surface area (Å²) in [4.78, 5) is 16.4. The summed E-state index contributed by atoms with van der Waals surface area (Å²) in [6.45, 7) is 5.65. The summed E-state index contributed by atoms with van der Waals surface area (Å²) in [6.07, 6.45) is 0. The fraction of sp³-hybridized carbons (Fsp3) is 0.0732. The highest BCUT2D eigenvalue weighted by Gasteiger charge is 2.22. The summed E-state index contributed by atoms with van der Waals surface area (Å²) in [5, 5.41) is 3.17. The Balaban J connectivity index is 0.000000186. The van der Waals surface area contributed by atoms with Gasteiger partial charge >= 0.3 is 0 Å². The second kappa shape index (κ2) is 18.9. The molecule has 0 aliphatic heterocycles. The number of sulfonamides is 2. The number of fused-ring (bicyclic) bond motifs is 2. The summed E-state index contributed by atoms with van der Waals surface area (Å²) < 4.78 is 56.0. The Morgan fingerprint density at radius 2 is 0.839 bits per heavy atom. The SMILES string of the molecule is Cc1ccc(S(=O)(=O)Nc2cc(Cl)c(Sc3nc4ccc(C)cc4[nH]3)c(Cl)c2)c(Cl)c1.Cc1ccc(S(=O)(=O)Nc2cc(Cl)c(Sc3nc4ccc(Cl)cc4[nH]3)c(Cl)c2)c(Cl)c1. The number of aryl methyl sites for hydroxylation is 3. The van der Waals surface area contributed by atoms with Crippen LogP contribution in [-0.2, 0) is 20.0 Å². The molecule has 0 fully saturated rings. The smallest absolute Gasteiger partial charge is 0.263 e. The molecule has 62 heavy (non-hydrogen) atoms. The summed E-state index contributed by atoms with van der Waals surface area (Å²) in [5.41, 5.74) is 6.55. The van der Waals surface area contributed by atoms with Crippen LogP contribution < -0.4 is 9.44 Å². The zero-order valence-corrected chi connectivity index (χ0v) is 40.6. The topological polar surface area (TPSA) is 150 Å². The molecule has 8 aromatic rings. The Bertz CT molecular complexity index is 3010. The normalized spacial score (nSPS) is 11.8. The lowest BCUT2D eigenvalue weighted by Crippen LogP contribution is -2.13. The number of benzene rings is 6. The van der Waals surface area contributed by atoms with Crippen LogP contribution in [0.3, 0.4) is 0 Å². The van der Waals surface area contributed by atoms with Gasteiger partial charge in [0.1, 0.15) is 9.79 Å². The lowest BCUT2D eigenvalue weighted by atomic mass is 10.2. The van der Waals surface area contributed by atoms with Crippen molar-refractivity contribution in [1.82, 2.24) is 19.9 Å². The van der Waals surface area contributed by atoms with Crippen LogP contribution in [0.1, 0.15) is 16.7 Å². The van der Waals surface area contributed by atoms with E-state index in [9.17, 15) is 16.8 Å². The molecular formula is C41H29Cl7N6O4S4. The van der Waals surface area contributed by atoms with Gasteiger partial charge in [0.25, 0.3) is 20.0 Å². The van der Waals surface area contributed by atoms with Gasteiger partial charge in [-0.15, -0.1) is 0 Å². The molecule has 4 N–H and O–H groups in total. The van der Waals surface area contributed by atoms with Gasteiger partial charge in [0.15, 0.2) is 10.3 Å². The standard InChI is InChI=1S/C21H16Cl3N3O2S2.C20H13Cl4N3O2S2/c1-11-4-6-19(14(22)7-11)31(28,29)27-13-9-15(23)20(16(24)10-13)30-21-25-17-5-3-12(2)8-18(17)26-21;1-10-2-5-18(13(22)6-10)31(28,29)27-12-8-14(23)19(15(24)9-12)30-20-25-16-4-3-11(21)7-17(16)26-20/h3-10,27H,1-2H3,(H,25,26);2-9,27H,1H3,(H,25,26). The average molecular weight is 1050 g/mol. The van der Waals surface area contributed by atoms with Crippen molar-refractivity contribution in [3.63, 3.8) is 0 Å². The van der Waals surface area contributed by atoms with Crippen LogP contribution in [0.15, 0.2) is 127 Å². The predicted octanol–water partition coefficient (Wildman–Crippen LogP) is 14.5. The van der Waals surface area contributed by atoms with Gasteiger partial charge < -0.3 is 9.97 Å². The quantitative estimate of drug-likeness (QED) is 0.106. The number of imidazole rings is 2. The lowest BCUT2D eigenvalue weighted by Gasteiger charge is -2.12. The molecule has 0 saturated heterocycles. The van der Waals surface area contributed by atoms with Gasteiger partial charge in [-0.3, -0.25) is 9.44 Å². The van der Waals surface area contributed by atoms with Gasteiger partial charge in [-0.05, 0) is 140 Å².